The summed E-state index contributed by atoms with van der Waals surface area (Å²) >= 11 is 0. The summed E-state index contributed by atoms with van der Waals surface area (Å²) in [6, 6.07) is 12.7. The molecule has 0 aromatic heterocycles. The number of alkyl halides is 3. The predicted molar refractivity (Wildman–Crippen MR) is 133 cm³/mol. The minimum atomic E-state index is -4.69. The summed E-state index contributed by atoms with van der Waals surface area (Å²) < 4.78 is 51.5. The van der Waals surface area contributed by atoms with Gasteiger partial charge in [-0.3, -0.25) is 14.5 Å². The second-order valence-electron chi connectivity index (χ2n) is 8.33. The molecular weight excluding hydrogens is 503 g/mol. The Kier molecular flexibility index (Phi) is 7.34. The number of amides is 1. The Morgan fingerprint density at radius 3 is 2.26 bits per heavy atom. The van der Waals surface area contributed by atoms with Gasteiger partial charge in [-0.1, -0.05) is 18.2 Å². The summed E-state index contributed by atoms with van der Waals surface area (Å²) in [6.45, 7) is 4.11. The van der Waals surface area contributed by atoms with Crippen LogP contribution in [0.4, 0.5) is 18.9 Å². The van der Waals surface area contributed by atoms with Gasteiger partial charge in [0.25, 0.3) is 11.7 Å². The number of hydrogen-bond donors (Lipinski definition) is 2. The number of ketones is 1. The molecule has 0 radical (unpaired) electrons. The molecule has 1 fully saturated rings. The summed E-state index contributed by atoms with van der Waals surface area (Å²) in [4.78, 5) is 27.5. The van der Waals surface area contributed by atoms with Crippen molar-refractivity contribution in [2.45, 2.75) is 26.1 Å². The van der Waals surface area contributed by atoms with Gasteiger partial charge in [-0.15, -0.1) is 0 Å². The molecule has 2 N–H and O–H groups in total. The lowest BCUT2D eigenvalue weighted by molar-refractivity contribution is -0.137. The lowest BCUT2D eigenvalue weighted by Crippen LogP contribution is -2.29. The molecule has 0 bridgehead atoms. The highest BCUT2D eigenvalue weighted by Gasteiger charge is 2.47. The van der Waals surface area contributed by atoms with Crippen molar-refractivity contribution in [3.8, 4) is 17.2 Å². The van der Waals surface area contributed by atoms with Crippen LogP contribution < -0.4 is 14.4 Å². The van der Waals surface area contributed by atoms with E-state index in [9.17, 15) is 33.0 Å². The molecule has 4 rings (SSSR count). The van der Waals surface area contributed by atoms with Crippen molar-refractivity contribution >= 4 is 23.1 Å². The number of Topliss-reactive ketones (excluding diaryl/α,β-unsaturated/α-hetero) is 1. The second-order valence-corrected chi connectivity index (χ2v) is 8.33. The first kappa shape index (κ1) is 26.6. The number of carbonyl (C=O) groups excluding carboxylic acids is 2. The Labute approximate surface area is 216 Å². The summed E-state index contributed by atoms with van der Waals surface area (Å²) in [7, 11) is 0. The molecule has 1 atom stereocenters. The van der Waals surface area contributed by atoms with E-state index in [1.54, 1.807) is 19.9 Å². The number of phenolic OH excluding ortho intramolecular Hbond substituents is 1. The van der Waals surface area contributed by atoms with Crippen molar-refractivity contribution in [3.05, 3.63) is 89.0 Å². The molecule has 198 valence electrons. The quantitative estimate of drug-likeness (QED) is 0.228. The predicted octanol–water partition coefficient (Wildman–Crippen LogP) is 5.83. The fourth-order valence-electron chi connectivity index (χ4n) is 4.28. The number of hydrogen-bond acceptors (Lipinski definition) is 6. The van der Waals surface area contributed by atoms with E-state index in [0.29, 0.717) is 12.4 Å². The second kappa shape index (κ2) is 10.5. The highest BCUT2D eigenvalue weighted by Crippen LogP contribution is 2.45. The Balaban J connectivity index is 1.95. The van der Waals surface area contributed by atoms with Crippen LogP contribution in [0.1, 0.15) is 36.6 Å². The molecule has 1 amide bonds. The number of rotatable bonds is 7. The van der Waals surface area contributed by atoms with Crippen LogP contribution in [0, 0.1) is 0 Å². The van der Waals surface area contributed by atoms with E-state index in [-0.39, 0.29) is 40.5 Å². The van der Waals surface area contributed by atoms with Crippen molar-refractivity contribution in [1.29, 1.82) is 0 Å². The van der Waals surface area contributed by atoms with Gasteiger partial charge in [0, 0.05) is 11.8 Å². The Bertz CT molecular complexity index is 1400. The maximum atomic E-state index is 13.5. The first-order valence-corrected chi connectivity index (χ1v) is 11.7. The van der Waals surface area contributed by atoms with Gasteiger partial charge in [-0.25, -0.2) is 0 Å². The minimum absolute atomic E-state index is 0.0983. The highest BCUT2D eigenvalue weighted by atomic mass is 19.4. The standard InChI is InChI=1S/C28H24F3NO6/c1-3-37-20-12-13-21(22(15-20)38-4-2)25(34)23-24(16-8-10-19(33)11-9-16)32(27(36)26(23)35)18-7-5-6-17(14-18)28(29,30)31/h5-15,24,33-34H,3-4H2,1-2H3/b25-23-. The van der Waals surface area contributed by atoms with Gasteiger partial charge in [0.15, 0.2) is 0 Å². The van der Waals surface area contributed by atoms with E-state index >= 15 is 0 Å². The number of aliphatic hydroxyl groups excluding tert-OH is 1. The van der Waals surface area contributed by atoms with Gasteiger partial charge in [-0.2, -0.15) is 13.2 Å². The van der Waals surface area contributed by atoms with Crippen LogP contribution in [0.25, 0.3) is 5.76 Å². The summed E-state index contributed by atoms with van der Waals surface area (Å²) in [6.07, 6.45) is -4.69. The highest BCUT2D eigenvalue weighted by molar-refractivity contribution is 6.51. The van der Waals surface area contributed by atoms with Crippen molar-refractivity contribution in [1.82, 2.24) is 0 Å². The molecule has 10 heteroatoms. The SMILES string of the molecule is CCOc1ccc(/C(O)=C2/C(=O)C(=O)N(c3cccc(C(F)(F)F)c3)C2c2ccc(O)cc2)c(OCC)c1. The van der Waals surface area contributed by atoms with Crippen LogP contribution in [0.5, 0.6) is 17.2 Å². The van der Waals surface area contributed by atoms with Crippen LogP contribution in [-0.4, -0.2) is 35.1 Å². The van der Waals surface area contributed by atoms with E-state index in [1.807, 2.05) is 0 Å². The number of nitrogens with zero attached hydrogens (tertiary/aromatic N) is 1. The molecule has 7 nitrogen and oxygen atoms in total. The normalized spacial score (nSPS) is 17.1. The monoisotopic (exact) mass is 527 g/mol. The number of benzene rings is 3. The van der Waals surface area contributed by atoms with Crippen LogP contribution in [0.3, 0.4) is 0 Å². The molecule has 0 saturated carbocycles. The third-order valence-electron chi connectivity index (χ3n) is 5.92. The molecule has 1 unspecified atom stereocenters. The van der Waals surface area contributed by atoms with Crippen molar-refractivity contribution in [2.75, 3.05) is 18.1 Å². The zero-order valence-corrected chi connectivity index (χ0v) is 20.5. The van der Waals surface area contributed by atoms with Crippen LogP contribution in [0.15, 0.2) is 72.3 Å². The molecule has 3 aromatic carbocycles. The summed E-state index contributed by atoms with van der Waals surface area (Å²) in [5, 5.41) is 21.2. The smallest absolute Gasteiger partial charge is 0.416 e. The zero-order chi connectivity index (χ0) is 27.6. The topological polar surface area (TPSA) is 96.3 Å². The number of anilines is 1. The molecule has 1 aliphatic heterocycles. The molecule has 1 aliphatic rings. The molecule has 1 saturated heterocycles. The number of aliphatic hydroxyl groups is 1. The first-order valence-electron chi connectivity index (χ1n) is 11.7. The van der Waals surface area contributed by atoms with Crippen LogP contribution in [0.2, 0.25) is 0 Å². The van der Waals surface area contributed by atoms with Gasteiger partial charge in [0.2, 0.25) is 0 Å². The van der Waals surface area contributed by atoms with Gasteiger partial charge in [0.05, 0.1) is 36.0 Å². The summed E-state index contributed by atoms with van der Waals surface area (Å²) in [5.41, 5.74) is -1.16. The average Bonchev–Trinajstić information content (AvgIpc) is 3.14. The number of aromatic hydroxyl groups is 1. The Morgan fingerprint density at radius 2 is 1.63 bits per heavy atom. The molecular formula is C28H24F3NO6. The zero-order valence-electron chi connectivity index (χ0n) is 20.5. The Hall–Kier alpha value is -4.47. The lowest BCUT2D eigenvalue weighted by atomic mass is 9.94. The maximum absolute atomic E-state index is 13.5. The fraction of sp³-hybridized carbons (Fsp3) is 0.214. The van der Waals surface area contributed by atoms with E-state index in [2.05, 4.69) is 0 Å². The third-order valence-corrected chi connectivity index (χ3v) is 5.92. The average molecular weight is 527 g/mol. The number of halogens is 3. The van der Waals surface area contributed by atoms with Crippen molar-refractivity contribution < 1.29 is 42.4 Å². The van der Waals surface area contributed by atoms with E-state index in [1.165, 1.54) is 42.5 Å². The minimum Gasteiger partial charge on any atom is -0.508 e. The van der Waals surface area contributed by atoms with E-state index in [4.69, 9.17) is 9.47 Å². The van der Waals surface area contributed by atoms with E-state index < -0.39 is 35.2 Å². The number of carbonyl (C=O) groups is 2. The van der Waals surface area contributed by atoms with Crippen molar-refractivity contribution in [2.24, 2.45) is 0 Å². The van der Waals surface area contributed by atoms with Gasteiger partial charge in [0.1, 0.15) is 23.0 Å². The third kappa shape index (κ3) is 5.02. The van der Waals surface area contributed by atoms with Crippen LogP contribution >= 0.6 is 0 Å². The van der Waals surface area contributed by atoms with Crippen LogP contribution in [-0.2, 0) is 15.8 Å². The van der Waals surface area contributed by atoms with E-state index in [0.717, 1.165) is 23.1 Å². The number of phenols is 1. The maximum Gasteiger partial charge on any atom is 0.416 e. The molecule has 0 spiro atoms. The molecule has 0 aliphatic carbocycles. The summed E-state index contributed by atoms with van der Waals surface area (Å²) in [5.74, 6) is -2.24. The molecule has 3 aromatic rings. The largest absolute Gasteiger partial charge is 0.508 e. The van der Waals surface area contributed by atoms with Gasteiger partial charge >= 0.3 is 6.18 Å². The van der Waals surface area contributed by atoms with Gasteiger partial charge < -0.3 is 19.7 Å². The Morgan fingerprint density at radius 1 is 0.947 bits per heavy atom. The first-order chi connectivity index (χ1) is 18.1. The lowest BCUT2D eigenvalue weighted by Gasteiger charge is -2.26. The van der Waals surface area contributed by atoms with Crippen molar-refractivity contribution in [3.63, 3.8) is 0 Å². The molecule has 38 heavy (non-hydrogen) atoms. The van der Waals surface area contributed by atoms with Gasteiger partial charge in [-0.05, 0) is 61.9 Å². The number of ether oxygens (including phenoxy) is 2. The fourth-order valence-corrected chi connectivity index (χ4v) is 4.28. The molecule has 1 heterocycles.